The molecule has 0 aliphatic carbocycles. The lowest BCUT2D eigenvalue weighted by molar-refractivity contribution is -0.143. The number of amides is 1. The maximum absolute atomic E-state index is 15.5. The first-order valence-electron chi connectivity index (χ1n) is 11.0. The van der Waals surface area contributed by atoms with Crippen molar-refractivity contribution < 1.29 is 18.7 Å². The number of benzene rings is 2. The summed E-state index contributed by atoms with van der Waals surface area (Å²) in [7, 11) is 0. The lowest BCUT2D eigenvalue weighted by Gasteiger charge is -2.25. The second-order valence-corrected chi connectivity index (χ2v) is 9.68. The van der Waals surface area contributed by atoms with E-state index in [1.54, 1.807) is 13.8 Å². The molecular weight excluding hydrogens is 473 g/mol. The number of hydrogen-bond donors (Lipinski definition) is 1. The fourth-order valence-electron chi connectivity index (χ4n) is 3.87. The van der Waals surface area contributed by atoms with Crippen LogP contribution < -0.4 is 5.32 Å². The van der Waals surface area contributed by atoms with Crippen LogP contribution in [-0.2, 0) is 14.3 Å². The van der Waals surface area contributed by atoms with Crippen molar-refractivity contribution in [3.05, 3.63) is 58.4 Å². The summed E-state index contributed by atoms with van der Waals surface area (Å²) >= 11 is 3.43. The summed E-state index contributed by atoms with van der Waals surface area (Å²) in [6, 6.07) is 8.89. The number of ether oxygens (including phenoxy) is 1. The normalized spacial score (nSPS) is 13.0. The molecule has 4 nitrogen and oxygen atoms in total. The highest BCUT2D eigenvalue weighted by Crippen LogP contribution is 2.36. The molecule has 2 aromatic rings. The van der Waals surface area contributed by atoms with Crippen LogP contribution in [0, 0.1) is 32.5 Å². The smallest absolute Gasteiger partial charge is 0.308 e. The summed E-state index contributed by atoms with van der Waals surface area (Å²) < 4.78 is 20.6. The zero-order valence-electron chi connectivity index (χ0n) is 19.7. The Morgan fingerprint density at radius 2 is 1.75 bits per heavy atom. The van der Waals surface area contributed by atoms with Gasteiger partial charge in [0.1, 0.15) is 5.82 Å². The van der Waals surface area contributed by atoms with E-state index < -0.39 is 22.7 Å². The summed E-state index contributed by atoms with van der Waals surface area (Å²) in [6.45, 7) is 11.5. The van der Waals surface area contributed by atoms with Crippen molar-refractivity contribution in [2.45, 2.75) is 65.3 Å². The van der Waals surface area contributed by atoms with Crippen molar-refractivity contribution in [2.75, 3.05) is 6.61 Å². The molecule has 0 saturated carbocycles. The number of carbonyl (C=O) groups is 2. The van der Waals surface area contributed by atoms with Crippen molar-refractivity contribution in [1.29, 1.82) is 0 Å². The van der Waals surface area contributed by atoms with E-state index in [2.05, 4.69) is 21.2 Å². The summed E-state index contributed by atoms with van der Waals surface area (Å²) in [5, 5.41) is 2.90. The lowest BCUT2D eigenvalue weighted by atomic mass is 9.87. The number of rotatable bonds is 9. The van der Waals surface area contributed by atoms with E-state index in [-0.39, 0.29) is 18.9 Å². The largest absolute Gasteiger partial charge is 0.466 e. The van der Waals surface area contributed by atoms with E-state index >= 15 is 4.39 Å². The van der Waals surface area contributed by atoms with Crippen LogP contribution in [0.1, 0.15) is 61.9 Å². The molecule has 0 heterocycles. The average Bonchev–Trinajstić information content (AvgIpc) is 2.71. The lowest BCUT2D eigenvalue weighted by Crippen LogP contribution is -2.37. The van der Waals surface area contributed by atoms with E-state index in [9.17, 15) is 9.59 Å². The molecule has 2 atom stereocenters. The minimum Gasteiger partial charge on any atom is -0.466 e. The van der Waals surface area contributed by atoms with E-state index in [0.29, 0.717) is 29.0 Å². The molecule has 2 rings (SSSR count). The molecule has 0 unspecified atom stereocenters. The van der Waals surface area contributed by atoms with Crippen molar-refractivity contribution in [2.24, 2.45) is 5.92 Å². The highest BCUT2D eigenvalue weighted by Gasteiger charge is 2.29. The van der Waals surface area contributed by atoms with Gasteiger partial charge in [-0.2, -0.15) is 0 Å². The van der Waals surface area contributed by atoms with Gasteiger partial charge in [0.15, 0.2) is 0 Å². The molecule has 6 heteroatoms. The Morgan fingerprint density at radius 3 is 2.34 bits per heavy atom. The fraction of sp³-hybridized carbons (Fsp3) is 0.462. The Bertz CT molecular complexity index is 974. The Balaban J connectivity index is 2.57. The van der Waals surface area contributed by atoms with Gasteiger partial charge in [0.2, 0.25) is 5.91 Å². The third-order valence-electron chi connectivity index (χ3n) is 5.49. The van der Waals surface area contributed by atoms with Gasteiger partial charge in [-0.15, -0.1) is 0 Å². The maximum Gasteiger partial charge on any atom is 0.308 e. The van der Waals surface area contributed by atoms with Crippen LogP contribution in [-0.4, -0.2) is 23.3 Å². The quantitative estimate of drug-likeness (QED) is 0.319. The van der Waals surface area contributed by atoms with Gasteiger partial charge >= 0.3 is 5.97 Å². The van der Waals surface area contributed by atoms with E-state index in [1.165, 1.54) is 0 Å². The van der Waals surface area contributed by atoms with Crippen LogP contribution >= 0.6 is 15.9 Å². The number of carbonyl (C=O) groups excluding carboxylic acids is 2. The first kappa shape index (κ1) is 26.0. The van der Waals surface area contributed by atoms with Crippen molar-refractivity contribution in [3.8, 4) is 11.1 Å². The second-order valence-electron chi connectivity index (χ2n) is 8.58. The molecule has 2 aromatic carbocycles. The molecule has 0 bridgehead atoms. The number of esters is 1. The molecule has 1 N–H and O–H groups in total. The van der Waals surface area contributed by atoms with Crippen LogP contribution in [0.15, 0.2) is 30.3 Å². The van der Waals surface area contributed by atoms with Crippen molar-refractivity contribution in [1.82, 2.24) is 5.32 Å². The second kappa shape index (κ2) is 11.6. The summed E-state index contributed by atoms with van der Waals surface area (Å²) in [5.74, 6) is -0.862. The SMILES string of the molecule is CCOC(=O)C[C@H](NC(=O)[C@H](Br)CC(C)C)c1c(C)c(-c2ccccc2C)cc(C)c1F. The molecule has 0 aliphatic heterocycles. The number of halogens is 2. The standard InChI is InChI=1S/C26H33BrFNO3/c1-7-32-23(30)14-22(29-26(31)21(27)12-15(2)3)24-18(6)20(13-17(5)25(24)28)19-11-9-8-10-16(19)4/h8-11,13,15,21-22H,7,12,14H2,1-6H3,(H,29,31)/t21-,22+/m1/s1. The van der Waals surface area contributed by atoms with Crippen molar-refractivity contribution >= 4 is 27.8 Å². The molecule has 0 spiro atoms. The number of nitrogens with one attached hydrogen (secondary N) is 1. The summed E-state index contributed by atoms with van der Waals surface area (Å²) in [5.41, 5.74) is 4.44. The van der Waals surface area contributed by atoms with Crippen molar-refractivity contribution in [3.63, 3.8) is 0 Å². The van der Waals surface area contributed by atoms with Crippen LogP contribution in [0.2, 0.25) is 0 Å². The average molecular weight is 506 g/mol. The van der Waals surface area contributed by atoms with Gasteiger partial charge in [-0.25, -0.2) is 4.39 Å². The van der Waals surface area contributed by atoms with Gasteiger partial charge in [0, 0.05) is 5.56 Å². The monoisotopic (exact) mass is 505 g/mol. The first-order valence-corrected chi connectivity index (χ1v) is 11.9. The Kier molecular flexibility index (Phi) is 9.44. The van der Waals surface area contributed by atoms with Crippen LogP contribution in [0.25, 0.3) is 11.1 Å². The van der Waals surface area contributed by atoms with Gasteiger partial charge in [0.05, 0.1) is 23.9 Å². The predicted octanol–water partition coefficient (Wildman–Crippen LogP) is 6.34. The predicted molar refractivity (Wildman–Crippen MR) is 130 cm³/mol. The van der Waals surface area contributed by atoms with E-state index in [1.807, 2.05) is 58.0 Å². The maximum atomic E-state index is 15.5. The molecule has 174 valence electrons. The molecule has 0 fully saturated rings. The molecule has 32 heavy (non-hydrogen) atoms. The van der Waals surface area contributed by atoms with Crippen LogP contribution in [0.5, 0.6) is 0 Å². The fourth-order valence-corrected chi connectivity index (χ4v) is 4.75. The van der Waals surface area contributed by atoms with Gasteiger partial charge < -0.3 is 10.1 Å². The van der Waals surface area contributed by atoms with Crippen LogP contribution in [0.4, 0.5) is 4.39 Å². The molecule has 0 aromatic heterocycles. The topological polar surface area (TPSA) is 55.4 Å². The molecule has 0 aliphatic rings. The van der Waals surface area contributed by atoms with Gasteiger partial charge in [-0.1, -0.05) is 54.0 Å². The minimum atomic E-state index is -0.837. The van der Waals surface area contributed by atoms with E-state index in [0.717, 1.165) is 16.7 Å². The number of aryl methyl sites for hydroxylation is 2. The Morgan fingerprint density at radius 1 is 1.09 bits per heavy atom. The zero-order valence-corrected chi connectivity index (χ0v) is 21.3. The summed E-state index contributed by atoms with van der Waals surface area (Å²) in [6.07, 6.45) is 0.483. The Labute approximate surface area is 199 Å². The third kappa shape index (κ3) is 6.41. The molecule has 0 saturated heterocycles. The number of hydrogen-bond acceptors (Lipinski definition) is 3. The first-order chi connectivity index (χ1) is 15.1. The highest BCUT2D eigenvalue weighted by atomic mass is 79.9. The highest BCUT2D eigenvalue weighted by molar-refractivity contribution is 9.10. The van der Waals surface area contributed by atoms with Gasteiger partial charge in [-0.3, -0.25) is 9.59 Å². The summed E-state index contributed by atoms with van der Waals surface area (Å²) in [4.78, 5) is 24.8. The van der Waals surface area contributed by atoms with E-state index in [4.69, 9.17) is 4.74 Å². The zero-order chi connectivity index (χ0) is 24.0. The number of alkyl halides is 1. The minimum absolute atomic E-state index is 0.143. The Hall–Kier alpha value is -2.21. The third-order valence-corrected chi connectivity index (χ3v) is 6.28. The molecular formula is C26H33BrFNO3. The molecule has 0 radical (unpaired) electrons. The molecule has 1 amide bonds. The van der Waals surface area contributed by atoms with Gasteiger partial charge in [0.25, 0.3) is 0 Å². The van der Waals surface area contributed by atoms with Crippen LogP contribution in [0.3, 0.4) is 0 Å². The van der Waals surface area contributed by atoms with Gasteiger partial charge in [-0.05, 0) is 73.9 Å².